The number of nitrogens with one attached hydrogen (secondary N) is 2. The second kappa shape index (κ2) is 10.1. The number of imidazole rings is 1. The van der Waals surface area contributed by atoms with Gasteiger partial charge in [0, 0.05) is 45.2 Å². The molecule has 7 heteroatoms. The lowest BCUT2D eigenvalue weighted by Crippen LogP contribution is -2.43. The van der Waals surface area contributed by atoms with E-state index in [1.54, 1.807) is 0 Å². The molecule has 2 fully saturated rings. The molecule has 7 nitrogen and oxygen atoms in total. The van der Waals surface area contributed by atoms with E-state index in [2.05, 4.69) is 38.3 Å². The maximum Gasteiger partial charge on any atom is 0.315 e. The molecule has 0 unspecified atom stereocenters. The molecule has 1 aliphatic carbocycles. The highest BCUT2D eigenvalue weighted by molar-refractivity contribution is 5.76. The Kier molecular flexibility index (Phi) is 7.00. The van der Waals surface area contributed by atoms with Crippen molar-refractivity contribution in [2.75, 3.05) is 39.4 Å². The molecule has 0 radical (unpaired) electrons. The maximum atomic E-state index is 12.2. The molecule has 4 rings (SSSR count). The third-order valence-corrected chi connectivity index (χ3v) is 6.05. The van der Waals surface area contributed by atoms with E-state index in [9.17, 15) is 4.79 Å². The number of amides is 2. The summed E-state index contributed by atoms with van der Waals surface area (Å²) < 4.78 is 7.76. The van der Waals surface area contributed by atoms with Crippen molar-refractivity contribution in [2.45, 2.75) is 51.1 Å². The van der Waals surface area contributed by atoms with Gasteiger partial charge in [0.25, 0.3) is 0 Å². The summed E-state index contributed by atoms with van der Waals surface area (Å²) in [6.45, 7) is 6.11. The lowest BCUT2D eigenvalue weighted by atomic mass is 9.96. The Bertz CT molecular complexity index is 794. The molecule has 0 bridgehead atoms. The number of nitrogens with zero attached hydrogens (tertiary/aromatic N) is 3. The van der Waals surface area contributed by atoms with Crippen molar-refractivity contribution in [3.8, 4) is 0 Å². The number of fused-ring (bicyclic) bond motifs is 1. The van der Waals surface area contributed by atoms with Gasteiger partial charge in [-0.1, -0.05) is 31.4 Å². The summed E-state index contributed by atoms with van der Waals surface area (Å²) in [4.78, 5) is 19.5. The van der Waals surface area contributed by atoms with E-state index < -0.39 is 0 Å². The van der Waals surface area contributed by atoms with Crippen LogP contribution >= 0.6 is 0 Å². The fourth-order valence-electron chi connectivity index (χ4n) is 4.40. The van der Waals surface area contributed by atoms with Crippen LogP contribution in [0.4, 0.5) is 4.79 Å². The van der Waals surface area contributed by atoms with Crippen LogP contribution in [-0.4, -0.2) is 65.9 Å². The zero-order chi connectivity index (χ0) is 19.9. The third-order valence-electron chi connectivity index (χ3n) is 6.05. The molecule has 0 spiro atoms. The van der Waals surface area contributed by atoms with Gasteiger partial charge in [-0.2, -0.15) is 0 Å². The van der Waals surface area contributed by atoms with Crippen LogP contribution in [-0.2, 0) is 17.7 Å². The number of hydrogen-bond acceptors (Lipinski definition) is 4. The van der Waals surface area contributed by atoms with Crippen LogP contribution in [0.3, 0.4) is 0 Å². The van der Waals surface area contributed by atoms with Gasteiger partial charge in [0.2, 0.25) is 0 Å². The van der Waals surface area contributed by atoms with Crippen LogP contribution in [0.1, 0.15) is 37.9 Å². The van der Waals surface area contributed by atoms with Crippen LogP contribution in [0.15, 0.2) is 24.3 Å². The molecule has 29 heavy (non-hydrogen) atoms. The van der Waals surface area contributed by atoms with Gasteiger partial charge in [-0.05, 0) is 25.0 Å². The number of para-hydroxylation sites is 2. The Morgan fingerprint density at radius 3 is 2.72 bits per heavy atom. The highest BCUT2D eigenvalue weighted by Gasteiger charge is 2.16. The lowest BCUT2D eigenvalue weighted by molar-refractivity contribution is 0.0364. The third kappa shape index (κ3) is 5.48. The summed E-state index contributed by atoms with van der Waals surface area (Å²) in [5.41, 5.74) is 2.19. The zero-order valence-corrected chi connectivity index (χ0v) is 17.2. The average molecular weight is 400 g/mol. The summed E-state index contributed by atoms with van der Waals surface area (Å²) in [5.74, 6) is 1.04. The quantitative estimate of drug-likeness (QED) is 0.751. The summed E-state index contributed by atoms with van der Waals surface area (Å²) in [7, 11) is 0. The SMILES string of the molecule is O=C(NCCc1nc2ccccc2n1CCN1CCOCC1)NC1CCCCC1. The van der Waals surface area contributed by atoms with E-state index in [1.807, 2.05) is 6.07 Å². The molecule has 1 aromatic carbocycles. The molecule has 0 atom stereocenters. The second-order valence-corrected chi connectivity index (χ2v) is 8.11. The molecule has 2 N–H and O–H groups in total. The van der Waals surface area contributed by atoms with E-state index in [0.717, 1.165) is 70.0 Å². The van der Waals surface area contributed by atoms with Gasteiger partial charge in [0.15, 0.2) is 0 Å². The standard InChI is InChI=1S/C22H33N5O2/c28-22(24-18-6-2-1-3-7-18)23-11-10-21-25-19-8-4-5-9-20(19)27(21)13-12-26-14-16-29-17-15-26/h4-5,8-9,18H,1-3,6-7,10-17H2,(H2,23,24,28). The number of hydrogen-bond donors (Lipinski definition) is 2. The van der Waals surface area contributed by atoms with Gasteiger partial charge in [-0.25, -0.2) is 9.78 Å². The van der Waals surface area contributed by atoms with Crippen LogP contribution < -0.4 is 10.6 Å². The number of carbonyl (C=O) groups is 1. The molecule has 1 saturated carbocycles. The number of urea groups is 1. The first-order chi connectivity index (χ1) is 14.3. The van der Waals surface area contributed by atoms with Crippen LogP contribution in [0.5, 0.6) is 0 Å². The molecule has 2 aliphatic rings. The Hall–Kier alpha value is -2.12. The molecular formula is C22H33N5O2. The normalized spacial score (nSPS) is 18.8. The second-order valence-electron chi connectivity index (χ2n) is 8.11. The van der Waals surface area contributed by atoms with E-state index >= 15 is 0 Å². The highest BCUT2D eigenvalue weighted by atomic mass is 16.5. The Morgan fingerprint density at radius 2 is 1.90 bits per heavy atom. The van der Waals surface area contributed by atoms with Crippen LogP contribution in [0, 0.1) is 0 Å². The van der Waals surface area contributed by atoms with Crippen molar-refractivity contribution in [2.24, 2.45) is 0 Å². The first kappa shape index (κ1) is 20.2. The van der Waals surface area contributed by atoms with Gasteiger partial charge in [0.1, 0.15) is 5.82 Å². The van der Waals surface area contributed by atoms with Crippen molar-refractivity contribution in [3.63, 3.8) is 0 Å². The molecule has 2 amide bonds. The van der Waals surface area contributed by atoms with Gasteiger partial charge in [-0.15, -0.1) is 0 Å². The summed E-state index contributed by atoms with van der Waals surface area (Å²) in [5, 5.41) is 6.14. The minimum absolute atomic E-state index is 0.0483. The van der Waals surface area contributed by atoms with E-state index in [1.165, 1.54) is 24.8 Å². The maximum absolute atomic E-state index is 12.2. The molecule has 1 saturated heterocycles. The Labute approximate surface area is 172 Å². The van der Waals surface area contributed by atoms with Crippen LogP contribution in [0.2, 0.25) is 0 Å². The van der Waals surface area contributed by atoms with Gasteiger partial charge < -0.3 is 19.9 Å². The van der Waals surface area contributed by atoms with Gasteiger partial charge >= 0.3 is 6.03 Å². The predicted octanol–water partition coefficient (Wildman–Crippen LogP) is 2.54. The number of aromatic nitrogens is 2. The van der Waals surface area contributed by atoms with Crippen molar-refractivity contribution in [1.82, 2.24) is 25.1 Å². The largest absolute Gasteiger partial charge is 0.379 e. The van der Waals surface area contributed by atoms with Gasteiger partial charge in [-0.3, -0.25) is 4.90 Å². The summed E-state index contributed by atoms with van der Waals surface area (Å²) >= 11 is 0. The lowest BCUT2D eigenvalue weighted by Gasteiger charge is -2.27. The molecule has 158 valence electrons. The van der Waals surface area contributed by atoms with Crippen molar-refractivity contribution >= 4 is 17.1 Å². The molecule has 1 aliphatic heterocycles. The molecule has 2 heterocycles. The number of rotatable bonds is 7. The van der Waals surface area contributed by atoms with E-state index in [0.29, 0.717) is 12.6 Å². The molecule has 1 aromatic heterocycles. The molecule has 2 aromatic rings. The predicted molar refractivity (Wildman–Crippen MR) is 114 cm³/mol. The fourth-order valence-corrected chi connectivity index (χ4v) is 4.40. The average Bonchev–Trinajstić information content (AvgIpc) is 3.11. The first-order valence-electron chi connectivity index (χ1n) is 11.1. The first-order valence-corrected chi connectivity index (χ1v) is 11.1. The minimum Gasteiger partial charge on any atom is -0.379 e. The van der Waals surface area contributed by atoms with Gasteiger partial charge in [0.05, 0.1) is 24.2 Å². The molecular weight excluding hydrogens is 366 g/mol. The van der Waals surface area contributed by atoms with Crippen LogP contribution in [0.25, 0.3) is 11.0 Å². The number of ether oxygens (including phenoxy) is 1. The highest BCUT2D eigenvalue weighted by Crippen LogP contribution is 2.18. The van der Waals surface area contributed by atoms with Crippen molar-refractivity contribution in [1.29, 1.82) is 0 Å². The number of benzene rings is 1. The zero-order valence-electron chi connectivity index (χ0n) is 17.2. The number of morpholine rings is 1. The summed E-state index contributed by atoms with van der Waals surface area (Å²) in [6, 6.07) is 8.58. The van der Waals surface area contributed by atoms with Crippen molar-refractivity contribution in [3.05, 3.63) is 30.1 Å². The Morgan fingerprint density at radius 1 is 1.10 bits per heavy atom. The monoisotopic (exact) mass is 399 g/mol. The fraction of sp³-hybridized carbons (Fsp3) is 0.636. The van der Waals surface area contributed by atoms with E-state index in [4.69, 9.17) is 9.72 Å². The smallest absolute Gasteiger partial charge is 0.315 e. The minimum atomic E-state index is -0.0483. The summed E-state index contributed by atoms with van der Waals surface area (Å²) in [6.07, 6.45) is 6.67. The topological polar surface area (TPSA) is 71.4 Å². The van der Waals surface area contributed by atoms with E-state index in [-0.39, 0.29) is 6.03 Å². The Balaban J connectivity index is 1.34. The number of carbonyl (C=O) groups excluding carboxylic acids is 1. The van der Waals surface area contributed by atoms with Crippen molar-refractivity contribution < 1.29 is 9.53 Å².